The summed E-state index contributed by atoms with van der Waals surface area (Å²) >= 11 is 1.53. The van der Waals surface area contributed by atoms with Crippen LogP contribution in [0.5, 0.6) is 0 Å². The number of sulfonamides is 1. The first-order valence-electron chi connectivity index (χ1n) is 5.84. The molecule has 0 aliphatic heterocycles. The summed E-state index contributed by atoms with van der Waals surface area (Å²) in [6.45, 7) is 1.84. The lowest BCUT2D eigenvalue weighted by atomic mass is 10.2. The lowest BCUT2D eigenvalue weighted by molar-refractivity contribution is 0.567. The third-order valence-corrected chi connectivity index (χ3v) is 5.12. The Labute approximate surface area is 117 Å². The van der Waals surface area contributed by atoms with E-state index in [1.54, 1.807) is 24.3 Å². The molecule has 6 heteroatoms. The van der Waals surface area contributed by atoms with Crippen LogP contribution in [0.15, 0.2) is 41.8 Å². The zero-order valence-electron chi connectivity index (χ0n) is 10.5. The minimum absolute atomic E-state index is 0.0618. The highest BCUT2D eigenvalue weighted by Gasteiger charge is 2.17. The van der Waals surface area contributed by atoms with Gasteiger partial charge in [-0.3, -0.25) is 0 Å². The quantitative estimate of drug-likeness (QED) is 0.833. The van der Waals surface area contributed by atoms with Crippen LogP contribution in [0.2, 0.25) is 0 Å². The van der Waals surface area contributed by atoms with Gasteiger partial charge < -0.3 is 5.73 Å². The van der Waals surface area contributed by atoms with E-state index in [9.17, 15) is 8.42 Å². The number of benzene rings is 1. The van der Waals surface area contributed by atoms with Crippen LogP contribution < -0.4 is 10.5 Å². The molecule has 4 nitrogen and oxygen atoms in total. The predicted molar refractivity (Wildman–Crippen MR) is 79.3 cm³/mol. The summed E-state index contributed by atoms with van der Waals surface area (Å²) in [5.74, 6) is -0.0618. The number of nitrogens with two attached hydrogens (primary N) is 1. The SMILES string of the molecule is CC(NS(=O)(=O)Cc1cccc(N)c1)c1cccs1. The van der Waals surface area contributed by atoms with Crippen molar-refractivity contribution in [3.63, 3.8) is 0 Å². The topological polar surface area (TPSA) is 72.2 Å². The van der Waals surface area contributed by atoms with Crippen molar-refractivity contribution in [2.45, 2.75) is 18.7 Å². The van der Waals surface area contributed by atoms with Crippen LogP contribution in [0.3, 0.4) is 0 Å². The van der Waals surface area contributed by atoms with Gasteiger partial charge in [-0.1, -0.05) is 18.2 Å². The molecular formula is C13H16N2O2S2. The van der Waals surface area contributed by atoms with Gasteiger partial charge in [0, 0.05) is 10.6 Å². The maximum absolute atomic E-state index is 12.1. The molecule has 1 atom stereocenters. The van der Waals surface area contributed by atoms with Crippen LogP contribution in [0.1, 0.15) is 23.4 Å². The van der Waals surface area contributed by atoms with Crippen molar-refractivity contribution >= 4 is 27.0 Å². The average Bonchev–Trinajstić information content (AvgIpc) is 2.80. The van der Waals surface area contributed by atoms with Crippen LogP contribution in [0.25, 0.3) is 0 Å². The third kappa shape index (κ3) is 4.05. The first-order chi connectivity index (χ1) is 8.96. The largest absolute Gasteiger partial charge is 0.399 e. The van der Waals surface area contributed by atoms with Crippen LogP contribution in [-0.4, -0.2) is 8.42 Å². The van der Waals surface area contributed by atoms with Crippen LogP contribution in [-0.2, 0) is 15.8 Å². The monoisotopic (exact) mass is 296 g/mol. The molecule has 0 radical (unpaired) electrons. The number of anilines is 1. The zero-order valence-corrected chi connectivity index (χ0v) is 12.2. The molecule has 0 aliphatic rings. The van der Waals surface area contributed by atoms with Crippen molar-refractivity contribution in [1.82, 2.24) is 4.72 Å². The first kappa shape index (κ1) is 14.0. The van der Waals surface area contributed by atoms with Gasteiger partial charge in [0.05, 0.1) is 11.8 Å². The molecule has 19 heavy (non-hydrogen) atoms. The summed E-state index contributed by atoms with van der Waals surface area (Å²) in [6.07, 6.45) is 0. The molecule has 1 aromatic heterocycles. The van der Waals surface area contributed by atoms with Crippen molar-refractivity contribution in [1.29, 1.82) is 0 Å². The average molecular weight is 296 g/mol. The van der Waals surface area contributed by atoms with Crippen molar-refractivity contribution in [3.05, 3.63) is 52.2 Å². The Bertz CT molecular complexity index is 636. The fraction of sp³-hybridized carbons (Fsp3) is 0.231. The fourth-order valence-electron chi connectivity index (χ4n) is 1.81. The molecule has 1 heterocycles. The van der Waals surface area contributed by atoms with Crippen LogP contribution in [0, 0.1) is 0 Å². The highest BCUT2D eigenvalue weighted by molar-refractivity contribution is 7.88. The molecule has 0 spiro atoms. The zero-order chi connectivity index (χ0) is 13.9. The van der Waals surface area contributed by atoms with Gasteiger partial charge in [-0.2, -0.15) is 0 Å². The van der Waals surface area contributed by atoms with Crippen molar-refractivity contribution in [3.8, 4) is 0 Å². The smallest absolute Gasteiger partial charge is 0.216 e. The second-order valence-corrected chi connectivity index (χ2v) is 7.09. The molecular weight excluding hydrogens is 280 g/mol. The Morgan fingerprint density at radius 3 is 2.74 bits per heavy atom. The Kier molecular flexibility index (Phi) is 4.24. The number of hydrogen-bond donors (Lipinski definition) is 2. The molecule has 1 aromatic carbocycles. The number of thiophene rings is 1. The number of nitrogens with one attached hydrogen (secondary N) is 1. The van der Waals surface area contributed by atoms with Gasteiger partial charge >= 0.3 is 0 Å². The van der Waals surface area contributed by atoms with Gasteiger partial charge in [0.25, 0.3) is 0 Å². The maximum Gasteiger partial charge on any atom is 0.216 e. The molecule has 0 aliphatic carbocycles. The lowest BCUT2D eigenvalue weighted by Crippen LogP contribution is -2.27. The maximum atomic E-state index is 12.1. The van der Waals surface area contributed by atoms with E-state index in [0.29, 0.717) is 11.3 Å². The summed E-state index contributed by atoms with van der Waals surface area (Å²) in [6, 6.07) is 10.5. The highest BCUT2D eigenvalue weighted by atomic mass is 32.2. The van der Waals surface area contributed by atoms with E-state index in [0.717, 1.165) is 4.88 Å². The van der Waals surface area contributed by atoms with Crippen molar-refractivity contribution < 1.29 is 8.42 Å². The fourth-order valence-corrected chi connectivity index (χ4v) is 3.99. The van der Waals surface area contributed by atoms with E-state index >= 15 is 0 Å². The van der Waals surface area contributed by atoms with Gasteiger partial charge in [-0.15, -0.1) is 11.3 Å². The van der Waals surface area contributed by atoms with Crippen molar-refractivity contribution in [2.24, 2.45) is 0 Å². The number of hydrogen-bond acceptors (Lipinski definition) is 4. The van der Waals surface area contributed by atoms with E-state index < -0.39 is 10.0 Å². The second kappa shape index (κ2) is 5.73. The standard InChI is InChI=1S/C13H16N2O2S2/c1-10(13-6-3-7-18-13)15-19(16,17)9-11-4-2-5-12(14)8-11/h2-8,10,15H,9,14H2,1H3. The van der Waals surface area contributed by atoms with E-state index in [1.807, 2.05) is 24.4 Å². The molecule has 3 N–H and O–H groups in total. The van der Waals surface area contributed by atoms with E-state index in [2.05, 4.69) is 4.72 Å². The van der Waals surface area contributed by atoms with Crippen LogP contribution in [0.4, 0.5) is 5.69 Å². The predicted octanol–water partition coefficient (Wildman–Crippen LogP) is 2.51. The lowest BCUT2D eigenvalue weighted by Gasteiger charge is -2.13. The van der Waals surface area contributed by atoms with Gasteiger partial charge in [0.2, 0.25) is 10.0 Å². The molecule has 0 saturated heterocycles. The second-order valence-electron chi connectivity index (χ2n) is 4.36. The Hall–Kier alpha value is -1.37. The Morgan fingerprint density at radius 2 is 2.11 bits per heavy atom. The van der Waals surface area contributed by atoms with Crippen molar-refractivity contribution in [2.75, 3.05) is 5.73 Å². The van der Waals surface area contributed by atoms with Gasteiger partial charge in [-0.25, -0.2) is 13.1 Å². The summed E-state index contributed by atoms with van der Waals surface area (Å²) < 4.78 is 26.8. The third-order valence-electron chi connectivity index (χ3n) is 2.63. The van der Waals surface area contributed by atoms with Gasteiger partial charge in [0.1, 0.15) is 0 Å². The van der Waals surface area contributed by atoms with E-state index in [4.69, 9.17) is 5.73 Å². The minimum Gasteiger partial charge on any atom is -0.399 e. The molecule has 0 bridgehead atoms. The molecule has 0 amide bonds. The van der Waals surface area contributed by atoms with E-state index in [1.165, 1.54) is 11.3 Å². The van der Waals surface area contributed by atoms with Crippen LogP contribution >= 0.6 is 11.3 Å². The first-order valence-corrected chi connectivity index (χ1v) is 8.37. The van der Waals surface area contributed by atoms with Gasteiger partial charge in [0.15, 0.2) is 0 Å². The normalized spacial score (nSPS) is 13.3. The molecule has 0 fully saturated rings. The van der Waals surface area contributed by atoms with E-state index in [-0.39, 0.29) is 11.8 Å². The minimum atomic E-state index is -3.38. The molecule has 2 rings (SSSR count). The molecule has 0 saturated carbocycles. The summed E-state index contributed by atoms with van der Waals surface area (Å²) in [5.41, 5.74) is 6.90. The Morgan fingerprint density at radius 1 is 1.32 bits per heavy atom. The molecule has 1 unspecified atom stereocenters. The summed E-state index contributed by atoms with van der Waals surface area (Å²) in [7, 11) is -3.38. The molecule has 102 valence electrons. The number of rotatable bonds is 5. The highest BCUT2D eigenvalue weighted by Crippen LogP contribution is 2.20. The Balaban J connectivity index is 2.07. The molecule has 2 aromatic rings. The summed E-state index contributed by atoms with van der Waals surface area (Å²) in [4.78, 5) is 0.996. The number of nitrogen functional groups attached to an aromatic ring is 1. The summed E-state index contributed by atoms with van der Waals surface area (Å²) in [5, 5.41) is 1.93. The van der Waals surface area contributed by atoms with Gasteiger partial charge in [-0.05, 0) is 36.1 Å².